The predicted molar refractivity (Wildman–Crippen MR) is 116 cm³/mol. The largest absolute Gasteiger partial charge is 0.507 e. The summed E-state index contributed by atoms with van der Waals surface area (Å²) in [6.45, 7) is 3.41. The Kier molecular flexibility index (Phi) is 6.68. The van der Waals surface area contributed by atoms with Crippen LogP contribution in [0.4, 0.5) is 5.69 Å². The Morgan fingerprint density at radius 2 is 2.13 bits per heavy atom. The normalized spacial score (nSPS) is 12.5. The number of amides is 1. The third-order valence-corrected chi connectivity index (χ3v) is 6.66. The molecule has 1 aromatic heterocycles. The fourth-order valence-electron chi connectivity index (χ4n) is 2.90. The lowest BCUT2D eigenvalue weighted by Crippen LogP contribution is -2.15. The number of allylic oxidation sites excluding steroid dienone is 1. The topological polar surface area (TPSA) is 129 Å². The van der Waals surface area contributed by atoms with Crippen LogP contribution < -0.4 is 16.5 Å². The highest BCUT2D eigenvalue weighted by atomic mass is 32.9. The molecule has 1 aromatic rings. The van der Waals surface area contributed by atoms with Crippen LogP contribution >= 0.6 is 20.7 Å². The lowest BCUT2D eigenvalue weighted by molar-refractivity contribution is -0.111. The molecule has 3 rings (SSSR count). The Hall–Kier alpha value is -2.98. The Bertz CT molecular complexity index is 1180. The Labute approximate surface area is 178 Å². The van der Waals surface area contributed by atoms with E-state index in [0.29, 0.717) is 18.5 Å². The van der Waals surface area contributed by atoms with E-state index < -0.39 is 17.3 Å². The SMILES string of the molecule is CCC(=O)c1c(O)cc(C(C)CC/C=C/C(=O)Nc2c3sscc-3[nH]c2=O)oc1=O. The van der Waals surface area contributed by atoms with Gasteiger partial charge in [-0.2, -0.15) is 0 Å². The van der Waals surface area contributed by atoms with Gasteiger partial charge in [-0.3, -0.25) is 14.4 Å². The monoisotopic (exact) mass is 448 g/mol. The molecule has 30 heavy (non-hydrogen) atoms. The first-order chi connectivity index (χ1) is 14.3. The van der Waals surface area contributed by atoms with E-state index >= 15 is 0 Å². The molecule has 0 saturated heterocycles. The van der Waals surface area contributed by atoms with Gasteiger partial charge in [0.25, 0.3) is 5.56 Å². The van der Waals surface area contributed by atoms with Gasteiger partial charge in [-0.15, -0.1) is 0 Å². The van der Waals surface area contributed by atoms with Crippen molar-refractivity contribution in [3.05, 3.63) is 55.7 Å². The lowest BCUT2D eigenvalue weighted by atomic mass is 10.0. The molecule has 3 heterocycles. The Balaban J connectivity index is 1.57. The van der Waals surface area contributed by atoms with Gasteiger partial charge in [-0.1, -0.05) is 40.6 Å². The molecule has 0 fully saturated rings. The Morgan fingerprint density at radius 3 is 2.83 bits per heavy atom. The minimum atomic E-state index is -0.848. The number of nitrogens with one attached hydrogen (secondary N) is 2. The summed E-state index contributed by atoms with van der Waals surface area (Å²) in [6.07, 6.45) is 4.14. The van der Waals surface area contributed by atoms with Crippen molar-refractivity contribution in [3.8, 4) is 16.3 Å². The van der Waals surface area contributed by atoms with Gasteiger partial charge in [0, 0.05) is 23.8 Å². The van der Waals surface area contributed by atoms with Crippen molar-refractivity contribution in [2.75, 3.05) is 5.32 Å². The van der Waals surface area contributed by atoms with Gasteiger partial charge in [-0.25, -0.2) is 4.79 Å². The van der Waals surface area contributed by atoms with Crippen molar-refractivity contribution in [2.45, 2.75) is 39.0 Å². The predicted octanol–water partition coefficient (Wildman–Crippen LogP) is 3.93. The number of carbonyl (C=O) groups excluding carboxylic acids is 2. The van der Waals surface area contributed by atoms with Crippen molar-refractivity contribution >= 4 is 38.1 Å². The molecule has 1 amide bonds. The molecule has 8 nitrogen and oxygen atoms in total. The van der Waals surface area contributed by atoms with Crippen LogP contribution in [0.25, 0.3) is 10.6 Å². The molecule has 3 N–H and O–H groups in total. The second kappa shape index (κ2) is 9.23. The average molecular weight is 449 g/mol. The molecule has 10 heteroatoms. The smallest absolute Gasteiger partial charge is 0.350 e. The summed E-state index contributed by atoms with van der Waals surface area (Å²) >= 11 is 0. The van der Waals surface area contributed by atoms with Gasteiger partial charge in [0.15, 0.2) is 5.78 Å². The molecular formula is C20H20N2O6S2. The first-order valence-electron chi connectivity index (χ1n) is 9.29. The minimum Gasteiger partial charge on any atom is -0.507 e. The number of aromatic hydroxyl groups is 1. The van der Waals surface area contributed by atoms with Gasteiger partial charge < -0.3 is 19.8 Å². The number of rotatable bonds is 8. The van der Waals surface area contributed by atoms with Crippen LogP contribution in [0.2, 0.25) is 0 Å². The number of ketones is 1. The Morgan fingerprint density at radius 1 is 1.37 bits per heavy atom. The summed E-state index contributed by atoms with van der Waals surface area (Å²) in [5.74, 6) is -1.21. The summed E-state index contributed by atoms with van der Waals surface area (Å²) < 4.78 is 5.19. The zero-order valence-electron chi connectivity index (χ0n) is 16.3. The highest BCUT2D eigenvalue weighted by Crippen LogP contribution is 2.35. The summed E-state index contributed by atoms with van der Waals surface area (Å²) in [7, 11) is 2.88. The van der Waals surface area contributed by atoms with Crippen LogP contribution in [0, 0.1) is 0 Å². The molecule has 0 saturated carbocycles. The molecule has 0 spiro atoms. The number of hydrogen-bond donors (Lipinski definition) is 3. The molecule has 0 aliphatic carbocycles. The molecule has 2 aliphatic rings. The first-order valence-corrected chi connectivity index (χ1v) is 11.5. The zero-order valence-corrected chi connectivity index (χ0v) is 17.9. The van der Waals surface area contributed by atoms with E-state index in [4.69, 9.17) is 4.42 Å². The summed E-state index contributed by atoms with van der Waals surface area (Å²) in [5.41, 5.74) is -0.551. The van der Waals surface area contributed by atoms with Crippen molar-refractivity contribution in [1.29, 1.82) is 0 Å². The molecule has 1 atom stereocenters. The number of aromatic nitrogens is 1. The number of carbonyl (C=O) groups is 2. The summed E-state index contributed by atoms with van der Waals surface area (Å²) in [5, 5.41) is 14.4. The van der Waals surface area contributed by atoms with E-state index in [-0.39, 0.29) is 40.7 Å². The van der Waals surface area contributed by atoms with E-state index in [0.717, 1.165) is 4.88 Å². The highest BCUT2D eigenvalue weighted by molar-refractivity contribution is 7.70. The van der Waals surface area contributed by atoms with Gasteiger partial charge >= 0.3 is 5.63 Å². The average Bonchev–Trinajstić information content (AvgIpc) is 3.26. The second-order valence-corrected chi connectivity index (χ2v) is 8.79. The van der Waals surface area contributed by atoms with Gasteiger partial charge in [0.1, 0.15) is 22.8 Å². The molecule has 158 valence electrons. The number of hydrogen-bond acceptors (Lipinski definition) is 8. The minimum absolute atomic E-state index is 0.0925. The van der Waals surface area contributed by atoms with Crippen molar-refractivity contribution < 1.29 is 19.1 Å². The number of aromatic amines is 1. The third kappa shape index (κ3) is 4.60. The van der Waals surface area contributed by atoms with Gasteiger partial charge in [-0.05, 0) is 18.9 Å². The third-order valence-electron chi connectivity index (χ3n) is 4.56. The zero-order chi connectivity index (χ0) is 21.8. The number of anilines is 1. The van der Waals surface area contributed by atoms with E-state index in [1.165, 1.54) is 32.8 Å². The standard InChI is InChI=1S/C20H20N2O6S2/c1-3-12(23)16-13(24)8-14(28-20(16)27)10(2)6-4-5-7-15(25)22-17-18-11(9-29-30-18)21-19(17)26/h5,7-10,24H,3-4,6H2,1-2H3,(H,21,26)(H,22,25)/b7-5+. The van der Waals surface area contributed by atoms with Gasteiger partial charge in [0.2, 0.25) is 5.91 Å². The maximum absolute atomic E-state index is 12.1. The van der Waals surface area contributed by atoms with E-state index in [2.05, 4.69) is 10.3 Å². The van der Waals surface area contributed by atoms with Crippen LogP contribution in [0.1, 0.15) is 55.1 Å². The van der Waals surface area contributed by atoms with Crippen molar-refractivity contribution in [2.24, 2.45) is 0 Å². The molecule has 0 bridgehead atoms. The number of H-pyrrole nitrogens is 1. The fraction of sp³-hybridized carbons (Fsp3) is 0.300. The van der Waals surface area contributed by atoms with Crippen LogP contribution in [-0.4, -0.2) is 21.8 Å². The van der Waals surface area contributed by atoms with E-state index in [1.54, 1.807) is 13.0 Å². The maximum Gasteiger partial charge on any atom is 0.350 e. The van der Waals surface area contributed by atoms with Crippen LogP contribution in [-0.2, 0) is 4.79 Å². The molecule has 2 aliphatic heterocycles. The first kappa shape index (κ1) is 21.7. The summed E-state index contributed by atoms with van der Waals surface area (Å²) in [6, 6.07) is 1.29. The second-order valence-electron chi connectivity index (χ2n) is 6.71. The van der Waals surface area contributed by atoms with Crippen molar-refractivity contribution in [1.82, 2.24) is 4.98 Å². The maximum atomic E-state index is 12.1. The molecule has 0 radical (unpaired) electrons. The van der Waals surface area contributed by atoms with Crippen LogP contribution in [0.15, 0.2) is 37.6 Å². The van der Waals surface area contributed by atoms with Crippen molar-refractivity contribution in [3.63, 3.8) is 0 Å². The number of Topliss-reactive ketones (excluding diaryl/α,β-unsaturated/α-hetero) is 1. The van der Waals surface area contributed by atoms with Gasteiger partial charge in [0.05, 0.1) is 10.6 Å². The molecular weight excluding hydrogens is 428 g/mol. The molecule has 1 unspecified atom stereocenters. The number of fused-ring (bicyclic) bond motifs is 1. The fourth-order valence-corrected chi connectivity index (χ4v) is 5.06. The highest BCUT2D eigenvalue weighted by Gasteiger charge is 2.20. The molecule has 0 aromatic carbocycles. The summed E-state index contributed by atoms with van der Waals surface area (Å²) in [4.78, 5) is 51.1. The van der Waals surface area contributed by atoms with Crippen LogP contribution in [0.3, 0.4) is 0 Å². The van der Waals surface area contributed by atoms with E-state index in [9.17, 15) is 24.3 Å². The van der Waals surface area contributed by atoms with E-state index in [1.807, 2.05) is 12.3 Å². The quantitative estimate of drug-likeness (QED) is 0.272. The van der Waals surface area contributed by atoms with Crippen LogP contribution in [0.5, 0.6) is 5.75 Å². The lowest BCUT2D eigenvalue weighted by Gasteiger charge is -2.10.